The van der Waals surface area contributed by atoms with Crippen LogP contribution in [0.4, 0.5) is 0 Å². The van der Waals surface area contributed by atoms with Crippen molar-refractivity contribution in [2.24, 2.45) is 0 Å². The van der Waals surface area contributed by atoms with E-state index in [1.54, 1.807) is 24.1 Å². The fraction of sp³-hybridized carbons (Fsp3) is 0.364. The highest BCUT2D eigenvalue weighted by Crippen LogP contribution is 2.18. The van der Waals surface area contributed by atoms with Crippen molar-refractivity contribution in [3.05, 3.63) is 64.2 Å². The van der Waals surface area contributed by atoms with Gasteiger partial charge in [-0.05, 0) is 61.2 Å². The fourth-order valence-electron chi connectivity index (χ4n) is 3.12. The van der Waals surface area contributed by atoms with Gasteiger partial charge in [-0.15, -0.1) is 0 Å². The summed E-state index contributed by atoms with van der Waals surface area (Å²) in [6.45, 7) is 6.01. The number of likely N-dealkylation sites (N-methyl/N-ethyl adjacent to an activating group) is 1. The Labute approximate surface area is 171 Å². The lowest BCUT2D eigenvalue weighted by atomic mass is 10.1. The maximum Gasteiger partial charge on any atom is 0.261 e. The Balaban J connectivity index is 2.19. The van der Waals surface area contributed by atoms with Gasteiger partial charge in [0.2, 0.25) is 5.91 Å². The molecule has 0 aliphatic carbocycles. The molecule has 150 valence electrons. The molecule has 0 aliphatic heterocycles. The minimum atomic E-state index is -0.573. The van der Waals surface area contributed by atoms with Crippen LogP contribution >= 0.6 is 11.6 Å². The van der Waals surface area contributed by atoms with E-state index in [1.165, 1.54) is 0 Å². The summed E-state index contributed by atoms with van der Waals surface area (Å²) in [5.41, 5.74) is 3.03. The molecule has 2 rings (SSSR count). The lowest BCUT2D eigenvalue weighted by Crippen LogP contribution is -2.49. The summed E-state index contributed by atoms with van der Waals surface area (Å²) >= 11 is 5.95. The second-order valence-electron chi connectivity index (χ2n) is 6.80. The lowest BCUT2D eigenvalue weighted by Gasteiger charge is -2.30. The molecule has 1 N–H and O–H groups in total. The Morgan fingerprint density at radius 3 is 2.25 bits per heavy atom. The van der Waals surface area contributed by atoms with Gasteiger partial charge in [0, 0.05) is 18.6 Å². The van der Waals surface area contributed by atoms with Crippen LogP contribution in [0.3, 0.4) is 0 Å². The van der Waals surface area contributed by atoms with Crippen LogP contribution in [0.2, 0.25) is 5.02 Å². The van der Waals surface area contributed by atoms with E-state index in [0.29, 0.717) is 23.7 Å². The van der Waals surface area contributed by atoms with E-state index >= 15 is 0 Å². The number of halogens is 1. The monoisotopic (exact) mass is 402 g/mol. The second kappa shape index (κ2) is 10.1. The van der Waals surface area contributed by atoms with Crippen molar-refractivity contribution in [3.63, 3.8) is 0 Å². The van der Waals surface area contributed by atoms with Crippen LogP contribution in [0.5, 0.6) is 5.75 Å². The van der Waals surface area contributed by atoms with Crippen LogP contribution in [-0.4, -0.2) is 36.4 Å². The van der Waals surface area contributed by atoms with E-state index < -0.39 is 6.04 Å². The largest absolute Gasteiger partial charge is 0.484 e. The number of hydrogen-bond acceptors (Lipinski definition) is 3. The normalized spacial score (nSPS) is 11.6. The van der Waals surface area contributed by atoms with Crippen molar-refractivity contribution in [2.45, 2.75) is 39.8 Å². The summed E-state index contributed by atoms with van der Waals surface area (Å²) in [5.74, 6) is 0.200. The first kappa shape index (κ1) is 21.8. The highest BCUT2D eigenvalue weighted by atomic mass is 35.5. The molecule has 1 atom stereocenters. The molecule has 0 saturated heterocycles. The molecule has 0 spiro atoms. The summed E-state index contributed by atoms with van der Waals surface area (Å²) in [6.07, 6.45) is 0.503. The standard InChI is InChI=1S/C22H27ClN2O3/c1-5-20(22(27)24-4)25(13-17-6-8-18(23)9-7-17)21(26)14-28-19-11-15(2)10-16(3)12-19/h6-12,20H,5,13-14H2,1-4H3,(H,24,27)/t20-/m1/s1. The predicted molar refractivity (Wildman–Crippen MR) is 112 cm³/mol. The van der Waals surface area contributed by atoms with Crippen molar-refractivity contribution < 1.29 is 14.3 Å². The quantitative estimate of drug-likeness (QED) is 0.728. The van der Waals surface area contributed by atoms with Crippen LogP contribution in [-0.2, 0) is 16.1 Å². The summed E-state index contributed by atoms with van der Waals surface area (Å²) in [6, 6.07) is 12.5. The summed E-state index contributed by atoms with van der Waals surface area (Å²) in [4.78, 5) is 26.9. The van der Waals surface area contributed by atoms with Crippen molar-refractivity contribution in [2.75, 3.05) is 13.7 Å². The Bertz CT molecular complexity index is 801. The molecule has 0 heterocycles. The predicted octanol–water partition coefficient (Wildman–Crippen LogP) is 3.89. The highest BCUT2D eigenvalue weighted by Gasteiger charge is 2.28. The number of aryl methyl sites for hydroxylation is 2. The Morgan fingerprint density at radius 1 is 1.11 bits per heavy atom. The minimum absolute atomic E-state index is 0.135. The molecule has 28 heavy (non-hydrogen) atoms. The first-order valence-corrected chi connectivity index (χ1v) is 9.68. The van der Waals surface area contributed by atoms with Crippen LogP contribution in [0.25, 0.3) is 0 Å². The molecule has 2 aromatic carbocycles. The van der Waals surface area contributed by atoms with E-state index in [4.69, 9.17) is 16.3 Å². The van der Waals surface area contributed by atoms with Gasteiger partial charge in [-0.1, -0.05) is 36.7 Å². The van der Waals surface area contributed by atoms with Crippen LogP contribution in [0.1, 0.15) is 30.0 Å². The SMILES string of the molecule is CC[C@H](C(=O)NC)N(Cc1ccc(Cl)cc1)C(=O)COc1cc(C)cc(C)c1. The zero-order valence-corrected chi connectivity index (χ0v) is 17.5. The summed E-state index contributed by atoms with van der Waals surface area (Å²) < 4.78 is 5.73. The van der Waals surface area contributed by atoms with E-state index in [0.717, 1.165) is 16.7 Å². The number of rotatable bonds is 8. The average Bonchev–Trinajstić information content (AvgIpc) is 2.66. The van der Waals surface area contributed by atoms with Gasteiger partial charge in [0.05, 0.1) is 0 Å². The number of benzene rings is 2. The number of carbonyl (C=O) groups is 2. The first-order valence-electron chi connectivity index (χ1n) is 9.30. The third kappa shape index (κ3) is 5.99. The van der Waals surface area contributed by atoms with Gasteiger partial charge in [-0.2, -0.15) is 0 Å². The highest BCUT2D eigenvalue weighted by molar-refractivity contribution is 6.30. The van der Waals surface area contributed by atoms with E-state index in [-0.39, 0.29) is 18.4 Å². The van der Waals surface area contributed by atoms with Crippen LogP contribution in [0.15, 0.2) is 42.5 Å². The third-order valence-corrected chi connectivity index (χ3v) is 4.71. The third-order valence-electron chi connectivity index (χ3n) is 4.46. The van der Waals surface area contributed by atoms with E-state index in [1.807, 2.05) is 51.1 Å². The zero-order chi connectivity index (χ0) is 20.7. The van der Waals surface area contributed by atoms with Crippen LogP contribution in [0, 0.1) is 13.8 Å². The number of carbonyl (C=O) groups excluding carboxylic acids is 2. The number of amides is 2. The molecule has 2 amide bonds. The molecule has 0 aromatic heterocycles. The second-order valence-corrected chi connectivity index (χ2v) is 7.23. The Kier molecular flexibility index (Phi) is 7.88. The Hall–Kier alpha value is -2.53. The van der Waals surface area contributed by atoms with Crippen molar-refractivity contribution in [1.29, 1.82) is 0 Å². The van der Waals surface area contributed by atoms with Gasteiger partial charge in [0.1, 0.15) is 11.8 Å². The zero-order valence-electron chi connectivity index (χ0n) is 16.8. The molecule has 2 aromatic rings. The van der Waals surface area contributed by atoms with E-state index in [9.17, 15) is 9.59 Å². The molecule has 0 aliphatic rings. The van der Waals surface area contributed by atoms with Gasteiger partial charge in [0.25, 0.3) is 5.91 Å². The van der Waals surface area contributed by atoms with Gasteiger partial charge >= 0.3 is 0 Å². The number of hydrogen-bond donors (Lipinski definition) is 1. The molecular weight excluding hydrogens is 376 g/mol. The van der Waals surface area contributed by atoms with E-state index in [2.05, 4.69) is 5.32 Å². The van der Waals surface area contributed by atoms with Crippen molar-refractivity contribution in [3.8, 4) is 5.75 Å². The van der Waals surface area contributed by atoms with Crippen molar-refractivity contribution >= 4 is 23.4 Å². The molecule has 0 unspecified atom stereocenters. The minimum Gasteiger partial charge on any atom is -0.484 e. The molecule has 0 radical (unpaired) electrons. The molecule has 0 bridgehead atoms. The number of nitrogens with one attached hydrogen (secondary N) is 1. The molecule has 0 fully saturated rings. The van der Waals surface area contributed by atoms with Gasteiger partial charge in [0.15, 0.2) is 6.61 Å². The average molecular weight is 403 g/mol. The van der Waals surface area contributed by atoms with Crippen molar-refractivity contribution in [1.82, 2.24) is 10.2 Å². The van der Waals surface area contributed by atoms with Gasteiger partial charge in [-0.3, -0.25) is 9.59 Å². The smallest absolute Gasteiger partial charge is 0.261 e. The first-order chi connectivity index (χ1) is 13.3. The lowest BCUT2D eigenvalue weighted by molar-refractivity contribution is -0.142. The topological polar surface area (TPSA) is 58.6 Å². The fourth-order valence-corrected chi connectivity index (χ4v) is 3.24. The molecule has 6 heteroatoms. The van der Waals surface area contributed by atoms with Crippen LogP contribution < -0.4 is 10.1 Å². The molecule has 0 saturated carbocycles. The summed E-state index contributed by atoms with van der Waals surface area (Å²) in [7, 11) is 1.57. The maximum atomic E-state index is 13.0. The summed E-state index contributed by atoms with van der Waals surface area (Å²) in [5, 5.41) is 3.26. The molecule has 5 nitrogen and oxygen atoms in total. The maximum absolute atomic E-state index is 13.0. The Morgan fingerprint density at radius 2 is 1.71 bits per heavy atom. The molecular formula is C22H27ClN2O3. The number of ether oxygens (including phenoxy) is 1. The van der Waals surface area contributed by atoms with Gasteiger partial charge < -0.3 is 15.0 Å². The number of nitrogens with zero attached hydrogens (tertiary/aromatic N) is 1. The van der Waals surface area contributed by atoms with Gasteiger partial charge in [-0.25, -0.2) is 0 Å².